The maximum Gasteiger partial charge on any atom is 0.220 e. The molecule has 0 fully saturated rings. The molecule has 0 unspecified atom stereocenters. The minimum Gasteiger partial charge on any atom is -0.310 e. The monoisotopic (exact) mass is 807 g/mol. The predicted molar refractivity (Wildman–Crippen MR) is 258 cm³/mol. The molecule has 0 aliphatic rings. The third-order valence-corrected chi connectivity index (χ3v) is 12.4. The van der Waals surface area contributed by atoms with E-state index in [1.807, 2.05) is 6.07 Å². The Balaban J connectivity index is 0.901. The van der Waals surface area contributed by atoms with E-state index in [-0.39, 0.29) is 0 Å². The second-order valence-corrected chi connectivity index (χ2v) is 16.0. The van der Waals surface area contributed by atoms with Crippen molar-refractivity contribution in [3.05, 3.63) is 224 Å². The van der Waals surface area contributed by atoms with Crippen LogP contribution in [-0.2, 0) is 0 Å². The summed E-state index contributed by atoms with van der Waals surface area (Å²) in [4.78, 5) is 12.6. The molecule has 0 amide bonds. The molecular weight excluding hydrogens is 771 g/mol. The van der Waals surface area contributed by atoms with E-state index in [0.29, 0.717) is 0 Å². The number of benzene rings is 9. The number of anilines is 3. The first kappa shape index (κ1) is 35.1. The molecule has 7 nitrogen and oxygen atoms in total. The zero-order chi connectivity index (χ0) is 41.4. The van der Waals surface area contributed by atoms with Crippen molar-refractivity contribution in [2.24, 2.45) is 0 Å². The molecule has 9 aromatic carbocycles. The minimum atomic E-state index is 0.885. The molecule has 296 valence electrons. The van der Waals surface area contributed by atoms with E-state index in [4.69, 9.17) is 9.97 Å². The van der Waals surface area contributed by atoms with Gasteiger partial charge in [0.1, 0.15) is 0 Å². The van der Waals surface area contributed by atoms with Crippen LogP contribution in [0.3, 0.4) is 0 Å². The smallest absolute Gasteiger partial charge is 0.220 e. The van der Waals surface area contributed by atoms with Gasteiger partial charge in [-0.1, -0.05) is 121 Å². The first-order chi connectivity index (χ1) is 31.2. The average molecular weight is 808 g/mol. The number of hydrogen-bond donors (Lipinski definition) is 0. The highest BCUT2D eigenvalue weighted by molar-refractivity contribution is 5.94. The van der Waals surface area contributed by atoms with Gasteiger partial charge in [-0.15, -0.1) is 0 Å². The van der Waals surface area contributed by atoms with E-state index in [2.05, 4.69) is 241 Å². The zero-order valence-electron chi connectivity index (χ0n) is 34.0. The van der Waals surface area contributed by atoms with Crippen molar-refractivity contribution in [2.75, 3.05) is 4.90 Å². The number of nitrogens with zero attached hydrogens (tertiary/aromatic N) is 7. The molecule has 0 aliphatic heterocycles. The number of fused-ring (bicyclic) bond motifs is 10. The van der Waals surface area contributed by atoms with Gasteiger partial charge in [-0.05, 0) is 125 Å². The third kappa shape index (κ3) is 5.53. The van der Waals surface area contributed by atoms with Gasteiger partial charge in [0.05, 0.1) is 49.8 Å². The van der Waals surface area contributed by atoms with Gasteiger partial charge in [0.15, 0.2) is 0 Å². The largest absolute Gasteiger partial charge is 0.310 e. The van der Waals surface area contributed by atoms with Crippen LogP contribution in [-0.4, -0.2) is 27.9 Å². The summed E-state index contributed by atoms with van der Waals surface area (Å²) in [6, 6.07) is 79.7. The average Bonchev–Trinajstić information content (AvgIpc) is 4.09. The van der Waals surface area contributed by atoms with Crippen molar-refractivity contribution in [2.45, 2.75) is 0 Å². The lowest BCUT2D eigenvalue weighted by Gasteiger charge is -2.26. The Morgan fingerprint density at radius 1 is 0.286 bits per heavy atom. The van der Waals surface area contributed by atoms with E-state index in [1.165, 1.54) is 11.1 Å². The number of para-hydroxylation sites is 8. The number of aromatic nitrogens is 6. The highest BCUT2D eigenvalue weighted by atomic mass is 15.2. The first-order valence-corrected chi connectivity index (χ1v) is 21.3. The third-order valence-electron chi connectivity index (χ3n) is 12.4. The minimum absolute atomic E-state index is 0.885. The van der Waals surface area contributed by atoms with E-state index in [9.17, 15) is 0 Å². The Bertz CT molecular complexity index is 3830. The fraction of sp³-hybridized carbons (Fsp3) is 0. The maximum absolute atomic E-state index is 5.16. The lowest BCUT2D eigenvalue weighted by Crippen LogP contribution is -2.10. The number of rotatable bonds is 7. The summed E-state index contributed by atoms with van der Waals surface area (Å²) < 4.78 is 9.06. The van der Waals surface area contributed by atoms with Gasteiger partial charge in [0.25, 0.3) is 0 Å². The maximum atomic E-state index is 5.16. The first-order valence-electron chi connectivity index (χ1n) is 21.3. The molecule has 4 aromatic heterocycles. The molecule has 13 rings (SSSR count). The standard InChI is InChI=1S/C56H37N7/c1-2-13-38(14-3-1)39-25-31-42(32-26-39)59(45-15-12-16-46(37-45)61-52-22-9-11-24-54(52)63-50-20-7-5-18-48(50)58-56(61)63)43-33-27-40(28-34-43)41-29-35-44(36-30-41)60-51-21-8-10-23-53(51)62-49-19-6-4-17-47(49)57-55(60)62/h1-37H. The molecule has 7 heteroatoms. The van der Waals surface area contributed by atoms with E-state index in [1.54, 1.807) is 0 Å². The van der Waals surface area contributed by atoms with Crippen molar-refractivity contribution >= 4 is 72.8 Å². The summed E-state index contributed by atoms with van der Waals surface area (Å²) in [7, 11) is 0. The quantitative estimate of drug-likeness (QED) is 0.161. The summed E-state index contributed by atoms with van der Waals surface area (Å²) in [6.07, 6.45) is 0. The Kier molecular flexibility index (Phi) is 7.77. The van der Waals surface area contributed by atoms with Crippen LogP contribution in [0.5, 0.6) is 0 Å². The summed E-state index contributed by atoms with van der Waals surface area (Å²) in [5, 5.41) is 0. The van der Waals surface area contributed by atoms with Gasteiger partial charge in [0, 0.05) is 22.7 Å². The van der Waals surface area contributed by atoms with Crippen molar-refractivity contribution in [3.63, 3.8) is 0 Å². The summed E-state index contributed by atoms with van der Waals surface area (Å²) in [5.41, 5.74) is 18.5. The van der Waals surface area contributed by atoms with E-state index >= 15 is 0 Å². The van der Waals surface area contributed by atoms with Crippen LogP contribution in [0, 0.1) is 0 Å². The van der Waals surface area contributed by atoms with E-state index in [0.717, 1.165) is 95.3 Å². The van der Waals surface area contributed by atoms with Crippen LogP contribution >= 0.6 is 0 Å². The predicted octanol–water partition coefficient (Wildman–Crippen LogP) is 14.0. The Morgan fingerprint density at radius 3 is 1.22 bits per heavy atom. The summed E-state index contributed by atoms with van der Waals surface area (Å²) in [5.74, 6) is 1.79. The van der Waals surface area contributed by atoms with Crippen molar-refractivity contribution in [1.82, 2.24) is 27.9 Å². The van der Waals surface area contributed by atoms with Crippen molar-refractivity contribution < 1.29 is 0 Å². The molecule has 0 atom stereocenters. The fourth-order valence-corrected chi connectivity index (χ4v) is 9.47. The molecule has 0 spiro atoms. The van der Waals surface area contributed by atoms with Crippen molar-refractivity contribution in [3.8, 4) is 33.6 Å². The number of imidazole rings is 4. The van der Waals surface area contributed by atoms with Crippen LogP contribution in [0.4, 0.5) is 17.1 Å². The van der Waals surface area contributed by atoms with Gasteiger partial charge in [-0.2, -0.15) is 0 Å². The van der Waals surface area contributed by atoms with Crippen molar-refractivity contribution in [1.29, 1.82) is 0 Å². The Hall–Kier alpha value is -8.68. The normalized spacial score (nSPS) is 11.8. The summed E-state index contributed by atoms with van der Waals surface area (Å²) >= 11 is 0. The molecule has 0 aliphatic carbocycles. The molecule has 0 radical (unpaired) electrons. The molecule has 13 aromatic rings. The summed E-state index contributed by atoms with van der Waals surface area (Å²) in [6.45, 7) is 0. The van der Waals surface area contributed by atoms with Gasteiger partial charge < -0.3 is 4.90 Å². The molecule has 0 saturated heterocycles. The van der Waals surface area contributed by atoms with Crippen LogP contribution in [0.2, 0.25) is 0 Å². The molecule has 0 saturated carbocycles. The Morgan fingerprint density at radius 2 is 0.698 bits per heavy atom. The molecular formula is C56H37N7. The zero-order valence-corrected chi connectivity index (χ0v) is 34.0. The van der Waals surface area contributed by atoms with Gasteiger partial charge in [-0.25, -0.2) is 9.97 Å². The van der Waals surface area contributed by atoms with Gasteiger partial charge in [-0.3, -0.25) is 17.9 Å². The van der Waals surface area contributed by atoms with E-state index < -0.39 is 0 Å². The molecule has 0 bridgehead atoms. The lowest BCUT2D eigenvalue weighted by atomic mass is 10.0. The SMILES string of the molecule is c1ccc(-c2ccc(N(c3ccc(-c4ccc(-n5c6ccccc6n6c7ccccc7nc56)cc4)cc3)c3cccc(-n4c5ccccc5n5c6ccccc6nc45)c3)cc2)cc1. The highest BCUT2D eigenvalue weighted by Gasteiger charge is 2.20. The van der Waals surface area contributed by atoms with Crippen LogP contribution in [0.25, 0.3) is 89.3 Å². The van der Waals surface area contributed by atoms with Crippen LogP contribution in [0.1, 0.15) is 0 Å². The van der Waals surface area contributed by atoms with Gasteiger partial charge in [0.2, 0.25) is 11.6 Å². The van der Waals surface area contributed by atoms with Gasteiger partial charge >= 0.3 is 0 Å². The molecule has 63 heavy (non-hydrogen) atoms. The second-order valence-electron chi connectivity index (χ2n) is 16.0. The second kappa shape index (κ2) is 13.9. The number of hydrogen-bond acceptors (Lipinski definition) is 3. The van der Waals surface area contributed by atoms with Crippen LogP contribution < -0.4 is 4.90 Å². The molecule has 4 heterocycles. The molecule has 0 N–H and O–H groups in total. The highest BCUT2D eigenvalue weighted by Crippen LogP contribution is 2.39. The topological polar surface area (TPSA) is 47.7 Å². The lowest BCUT2D eigenvalue weighted by molar-refractivity contribution is 1.11. The fourth-order valence-electron chi connectivity index (χ4n) is 9.47. The Labute approximate surface area is 362 Å². The van der Waals surface area contributed by atoms with Crippen LogP contribution in [0.15, 0.2) is 224 Å².